The number of allylic oxidation sites excluding steroid dienone is 5. The minimum Gasteiger partial charge on any atom is -0.507 e. The largest absolute Gasteiger partial charge is 0.507 e. The molecule has 6 nitrogen and oxygen atoms in total. The molecular weight excluding hydrogens is 468 g/mol. The van der Waals surface area contributed by atoms with E-state index in [0.29, 0.717) is 24.2 Å². The zero-order valence-electron chi connectivity index (χ0n) is 23.2. The summed E-state index contributed by atoms with van der Waals surface area (Å²) in [7, 11) is 0. The molecule has 202 valence electrons. The molecule has 0 aromatic rings. The van der Waals surface area contributed by atoms with Gasteiger partial charge in [-0.3, -0.25) is 14.4 Å². The molecule has 37 heavy (non-hydrogen) atoms. The Morgan fingerprint density at radius 3 is 2.41 bits per heavy atom. The molecule has 0 spiro atoms. The summed E-state index contributed by atoms with van der Waals surface area (Å²) in [6.45, 7) is 15.4. The molecule has 2 saturated carbocycles. The summed E-state index contributed by atoms with van der Waals surface area (Å²) >= 11 is 0. The predicted molar refractivity (Wildman–Crippen MR) is 142 cm³/mol. The van der Waals surface area contributed by atoms with Crippen LogP contribution in [-0.4, -0.2) is 33.9 Å². The normalized spacial score (nSPS) is 36.1. The van der Waals surface area contributed by atoms with Crippen LogP contribution in [0.4, 0.5) is 0 Å². The van der Waals surface area contributed by atoms with E-state index in [4.69, 9.17) is 4.74 Å². The molecule has 1 aliphatic heterocycles. The molecule has 0 unspecified atom stereocenters. The summed E-state index contributed by atoms with van der Waals surface area (Å²) in [4.78, 5) is 37.4. The maximum atomic E-state index is 13.0. The van der Waals surface area contributed by atoms with Crippen LogP contribution >= 0.6 is 0 Å². The Kier molecular flexibility index (Phi) is 6.88. The van der Waals surface area contributed by atoms with E-state index in [-0.39, 0.29) is 34.7 Å². The molecule has 0 amide bonds. The van der Waals surface area contributed by atoms with Crippen molar-refractivity contribution in [3.05, 3.63) is 46.5 Å². The van der Waals surface area contributed by atoms with Gasteiger partial charge in [0.05, 0.1) is 10.8 Å². The van der Waals surface area contributed by atoms with Gasteiger partial charge in [0.1, 0.15) is 23.2 Å². The molecule has 3 aliphatic carbocycles. The van der Waals surface area contributed by atoms with Crippen molar-refractivity contribution in [2.75, 3.05) is 0 Å². The van der Waals surface area contributed by atoms with E-state index in [0.717, 1.165) is 44.1 Å². The van der Waals surface area contributed by atoms with Crippen LogP contribution in [0, 0.1) is 28.1 Å². The number of fused-ring (bicyclic) bond motifs is 1. The highest BCUT2D eigenvalue weighted by atomic mass is 16.5. The van der Waals surface area contributed by atoms with Crippen molar-refractivity contribution in [2.45, 2.75) is 99.0 Å². The minimum absolute atomic E-state index is 0.113. The van der Waals surface area contributed by atoms with Crippen LogP contribution in [0.3, 0.4) is 0 Å². The lowest BCUT2D eigenvalue weighted by Gasteiger charge is -2.57. The number of aliphatic hydroxyl groups excluding tert-OH is 1. The van der Waals surface area contributed by atoms with E-state index in [9.17, 15) is 24.6 Å². The lowest BCUT2D eigenvalue weighted by molar-refractivity contribution is -0.164. The van der Waals surface area contributed by atoms with E-state index >= 15 is 0 Å². The van der Waals surface area contributed by atoms with Crippen molar-refractivity contribution in [1.82, 2.24) is 0 Å². The van der Waals surface area contributed by atoms with E-state index in [1.54, 1.807) is 13.8 Å². The molecule has 2 N–H and O–H groups in total. The first-order chi connectivity index (χ1) is 17.2. The van der Waals surface area contributed by atoms with Crippen molar-refractivity contribution in [3.8, 4) is 0 Å². The van der Waals surface area contributed by atoms with Crippen LogP contribution in [0.15, 0.2) is 46.5 Å². The fraction of sp³-hybridized carbons (Fsp3) is 0.645. The molecule has 6 heteroatoms. The first-order valence-electron chi connectivity index (χ1n) is 13.6. The molecule has 1 heterocycles. The average Bonchev–Trinajstić information content (AvgIpc) is 2.81. The number of hydrogen-bond donors (Lipinski definition) is 2. The number of Topliss-reactive ketones (excluding diaryl/α,β-unsaturated/α-hetero) is 2. The van der Waals surface area contributed by atoms with Gasteiger partial charge in [0, 0.05) is 5.57 Å². The van der Waals surface area contributed by atoms with Crippen molar-refractivity contribution >= 4 is 17.5 Å². The summed E-state index contributed by atoms with van der Waals surface area (Å²) in [5.41, 5.74) is 0.862. The van der Waals surface area contributed by atoms with Gasteiger partial charge in [-0.05, 0) is 102 Å². The Labute approximate surface area is 220 Å². The Morgan fingerprint density at radius 1 is 1.11 bits per heavy atom. The Bertz CT molecular complexity index is 1150. The Morgan fingerprint density at radius 2 is 1.78 bits per heavy atom. The number of ether oxygens (including phenoxy) is 1. The SMILES string of the molecule is C=C1CC[C@H]2[C@@](C)(CCC[C@]2(C)C(=O)O)[C@@H]1C/C=C(\C)[C@H]1CCC2=C(O1)C(C)(C)C(=O)C(C(C)=O)=C2O. The highest BCUT2D eigenvalue weighted by Crippen LogP contribution is 2.62. The van der Waals surface area contributed by atoms with E-state index < -0.39 is 28.4 Å². The highest BCUT2D eigenvalue weighted by Gasteiger charge is 2.57. The standard InChI is InChI=1S/C31H42O6/c1-17-10-14-23-30(6,15-8-16-31(23,7)28(35)36)21(17)12-9-18(2)22-13-11-20-25(33)24(19(3)32)26(34)29(4,5)27(20)37-22/h9,21-23,33H,1,8,10-16H2,2-7H3,(H,35,36)/b18-9+/t21-,22-,23+,30+,31+/m1/s1. The van der Waals surface area contributed by atoms with Gasteiger partial charge >= 0.3 is 5.97 Å². The minimum atomic E-state index is -1.02. The molecule has 0 aromatic heterocycles. The number of carbonyl (C=O) groups excluding carboxylic acids is 2. The van der Waals surface area contributed by atoms with Crippen LogP contribution in [-0.2, 0) is 19.1 Å². The van der Waals surface area contributed by atoms with Crippen molar-refractivity contribution in [3.63, 3.8) is 0 Å². The molecule has 4 aliphatic rings. The topological polar surface area (TPSA) is 101 Å². The average molecular weight is 511 g/mol. The second-order valence-corrected chi connectivity index (χ2v) is 12.8. The number of aliphatic carboxylic acids is 1. The molecule has 0 bridgehead atoms. The zero-order valence-corrected chi connectivity index (χ0v) is 23.2. The van der Waals surface area contributed by atoms with Crippen molar-refractivity contribution in [2.24, 2.45) is 28.1 Å². The second-order valence-electron chi connectivity index (χ2n) is 12.8. The Balaban J connectivity index is 1.58. The fourth-order valence-electron chi connectivity index (χ4n) is 7.81. The molecule has 4 rings (SSSR count). The van der Waals surface area contributed by atoms with Gasteiger partial charge in [-0.25, -0.2) is 0 Å². The second kappa shape index (κ2) is 9.28. The smallest absolute Gasteiger partial charge is 0.309 e. The van der Waals surface area contributed by atoms with Crippen LogP contribution in [0.2, 0.25) is 0 Å². The molecule has 0 saturated heterocycles. The van der Waals surface area contributed by atoms with Crippen LogP contribution < -0.4 is 0 Å². The van der Waals surface area contributed by atoms with Gasteiger partial charge < -0.3 is 14.9 Å². The summed E-state index contributed by atoms with van der Waals surface area (Å²) in [5, 5.41) is 20.8. The number of ketones is 2. The van der Waals surface area contributed by atoms with Crippen LogP contribution in [0.5, 0.6) is 0 Å². The first-order valence-corrected chi connectivity index (χ1v) is 13.6. The summed E-state index contributed by atoms with van der Waals surface area (Å²) in [5.74, 6) is -0.970. The van der Waals surface area contributed by atoms with E-state index in [1.807, 2.05) is 13.8 Å². The zero-order chi connectivity index (χ0) is 27.5. The third-order valence-corrected chi connectivity index (χ3v) is 10.1. The van der Waals surface area contributed by atoms with Crippen molar-refractivity contribution < 1.29 is 29.3 Å². The number of carboxylic acid groups (broad SMARTS) is 1. The van der Waals surface area contributed by atoms with E-state index in [1.165, 1.54) is 12.5 Å². The highest BCUT2D eigenvalue weighted by molar-refractivity contribution is 6.23. The lowest BCUT2D eigenvalue weighted by atomic mass is 9.46. The fourth-order valence-corrected chi connectivity index (χ4v) is 7.81. The molecular formula is C31H42O6. The van der Waals surface area contributed by atoms with Crippen molar-refractivity contribution in [1.29, 1.82) is 0 Å². The molecule has 0 aromatic carbocycles. The first kappa shape index (κ1) is 27.4. The molecule has 0 radical (unpaired) electrons. The summed E-state index contributed by atoms with van der Waals surface area (Å²) in [6, 6.07) is 0. The number of carboxylic acids is 1. The van der Waals surface area contributed by atoms with Crippen LogP contribution in [0.25, 0.3) is 0 Å². The van der Waals surface area contributed by atoms with Crippen LogP contribution in [0.1, 0.15) is 92.9 Å². The number of hydrogen-bond acceptors (Lipinski definition) is 5. The van der Waals surface area contributed by atoms with Gasteiger partial charge in [0.25, 0.3) is 0 Å². The Hall–Kier alpha value is -2.63. The van der Waals surface area contributed by atoms with Gasteiger partial charge in [-0.1, -0.05) is 31.6 Å². The molecule has 5 atom stereocenters. The maximum Gasteiger partial charge on any atom is 0.309 e. The maximum absolute atomic E-state index is 13.0. The van der Waals surface area contributed by atoms with E-state index in [2.05, 4.69) is 19.6 Å². The monoisotopic (exact) mass is 510 g/mol. The van der Waals surface area contributed by atoms with Gasteiger partial charge in [0.2, 0.25) is 0 Å². The summed E-state index contributed by atoms with van der Waals surface area (Å²) < 4.78 is 6.38. The lowest BCUT2D eigenvalue weighted by Crippen LogP contribution is -2.53. The predicted octanol–water partition coefficient (Wildman–Crippen LogP) is 6.63. The third kappa shape index (κ3) is 4.21. The number of carbonyl (C=O) groups is 3. The molecule has 2 fully saturated rings. The third-order valence-electron chi connectivity index (χ3n) is 10.1. The van der Waals surface area contributed by atoms with Gasteiger partial charge in [-0.15, -0.1) is 0 Å². The quantitative estimate of drug-likeness (QED) is 0.318. The van der Waals surface area contributed by atoms with Gasteiger partial charge in [-0.2, -0.15) is 0 Å². The number of rotatable bonds is 5. The number of aliphatic hydroxyl groups is 1. The van der Waals surface area contributed by atoms with Gasteiger partial charge in [0.15, 0.2) is 11.6 Å². The summed E-state index contributed by atoms with van der Waals surface area (Å²) in [6.07, 6.45) is 8.31.